The second kappa shape index (κ2) is 99.5. The van der Waals surface area contributed by atoms with Gasteiger partial charge in [0.05, 0.1) is 52.9 Å². The molecule has 104 heavy (non-hydrogen) atoms. The van der Waals surface area contributed by atoms with E-state index in [9.17, 15) is 33.6 Å². The Hall–Kier alpha value is -3.50. The molecule has 7 amide bonds. The third-order valence-corrected chi connectivity index (χ3v) is 15.6. The van der Waals surface area contributed by atoms with Crippen LogP contribution in [0.25, 0.3) is 0 Å². The Labute approximate surface area is 648 Å². The molecule has 2 aliphatic rings. The number of carbonyl (C=O) groups excluding carboxylic acids is 7. The second-order valence-corrected chi connectivity index (χ2v) is 26.7. The number of nitrogens with zero attached hydrogens (tertiary/aromatic N) is 2. The van der Waals surface area contributed by atoms with Crippen LogP contribution in [0.4, 0.5) is 0 Å². The number of hydrogen-bond donors (Lipinski definition) is 14. The molecule has 2 heterocycles. The maximum atomic E-state index is 12.4. The molecule has 0 saturated carbocycles. The molecule has 626 valence electrons. The zero-order valence-corrected chi connectivity index (χ0v) is 69.1. The van der Waals surface area contributed by atoms with Crippen LogP contribution < -0.4 is 65.5 Å². The van der Waals surface area contributed by atoms with Crippen LogP contribution >= 0.6 is 37.0 Å². The van der Waals surface area contributed by atoms with E-state index in [1.165, 1.54) is 38.3 Å². The standard InChI is InChI=1S/C31H62N6O5S.C19H41N5O4S.C12H21NO2.C4H6.C2H6S.C2H6.2CH5N.CH4.3H2O/c1-26(2)7-8-27(3)24-37-25-28(23-31(37)40)43-22-10-30(39)36-17-19-42-21-20-41-18-9-29(38)35-16-15-34-13-6-4-5-12-33-14-11-32;20-6-9-21-7-2-1-3-8-22-10-11-23-18(25)4-13-27-15-16-28-14-12-24-19(26)5-17-29;1-9(2)4-5-10(3)8-13-11(14)6-7-12(13)15;1-3-4-2;1-2-3;3*1-2;;;;/h26-28,33-34H,4-25,32H2,1-3H3,(H,35,38)(H,36,39);21-22,29H,1-17,20H2,(H,23,25)(H,24,26);9-10H,4-8H2,1-3H3;1H,4H2,2H3;3H,2H2,1H3;1-2H3;2*2H2,1H3;1H4;3*1H2. The average molecular weight is 1560 g/mol. The summed E-state index contributed by atoms with van der Waals surface area (Å²) >= 11 is 9.51. The summed E-state index contributed by atoms with van der Waals surface area (Å²) in [6.45, 7) is 37.5. The van der Waals surface area contributed by atoms with Gasteiger partial charge >= 0.3 is 0 Å². The summed E-state index contributed by atoms with van der Waals surface area (Å²) in [6, 6.07) is 0. The van der Waals surface area contributed by atoms with Gasteiger partial charge in [-0.05, 0) is 114 Å². The minimum atomic E-state index is -0.0207. The first-order valence-electron chi connectivity index (χ1n) is 37.5. The van der Waals surface area contributed by atoms with Crippen molar-refractivity contribution in [3.63, 3.8) is 0 Å². The lowest BCUT2D eigenvalue weighted by Gasteiger charge is -2.22. The first-order valence-corrected chi connectivity index (χ1v) is 39.8. The predicted octanol–water partition coefficient (Wildman–Crippen LogP) is 3.53. The maximum absolute atomic E-state index is 12.4. The Morgan fingerprint density at radius 2 is 0.856 bits per heavy atom. The number of thiol groups is 2. The predicted molar refractivity (Wildman–Crippen MR) is 443 cm³/mol. The van der Waals surface area contributed by atoms with Crippen LogP contribution in [0.2, 0.25) is 0 Å². The number of carbonyl (C=O) groups is 7. The van der Waals surface area contributed by atoms with Crippen molar-refractivity contribution in [2.45, 2.75) is 197 Å². The molecule has 31 heteroatoms. The first kappa shape index (κ1) is 121. The van der Waals surface area contributed by atoms with E-state index in [1.54, 1.807) is 11.8 Å². The lowest BCUT2D eigenvalue weighted by atomic mass is 9.99. The molecule has 3 atom stereocenters. The van der Waals surface area contributed by atoms with Gasteiger partial charge in [-0.15, -0.1) is 12.3 Å². The number of thioether (sulfide) groups is 1. The highest BCUT2D eigenvalue weighted by Gasteiger charge is 2.31. The first-order chi connectivity index (χ1) is 48.3. The van der Waals surface area contributed by atoms with Gasteiger partial charge < -0.3 is 106 Å². The van der Waals surface area contributed by atoms with Crippen LogP contribution in [0.5, 0.6) is 0 Å². The fourth-order valence-corrected chi connectivity index (χ4v) is 10.3. The monoisotopic (exact) mass is 1560 g/mol. The highest BCUT2D eigenvalue weighted by Crippen LogP contribution is 2.26. The van der Waals surface area contributed by atoms with E-state index < -0.39 is 0 Å². The molecule has 28 nitrogen and oxygen atoms in total. The van der Waals surface area contributed by atoms with Crippen molar-refractivity contribution in [1.82, 2.24) is 52.3 Å². The van der Waals surface area contributed by atoms with E-state index in [-0.39, 0.29) is 70.5 Å². The minimum absolute atomic E-state index is 0. The SMILES string of the molecule is C.C#CCC.CC.CC(C)CCC(C)CN1C(=O)CCC1=O.CC(C)CCC(C)CN1CC(SCCC(=O)NCCOCCOCCC(=O)NCCNCCCCCNCCN)CC1=O.CCS.CN.CN.NCCNCCCCCNCCNC(=O)CCOCCOCCNC(=O)CCS.O.O.O. The molecule has 2 rings (SSSR count). The summed E-state index contributed by atoms with van der Waals surface area (Å²) in [7, 11) is 3.00. The number of amides is 7. The summed E-state index contributed by atoms with van der Waals surface area (Å²) in [5, 5.41) is 24.9. The molecule has 22 N–H and O–H groups in total. The van der Waals surface area contributed by atoms with Gasteiger partial charge in [0, 0.05) is 147 Å². The molecular formula is C73H162N14O14S3. The zero-order chi connectivity index (χ0) is 76.5. The third-order valence-electron chi connectivity index (χ3n) is 14.2. The number of hydrogen-bond acceptors (Lipinski definition) is 22. The molecule has 3 unspecified atom stereocenters. The molecule has 0 bridgehead atoms. The number of terminal acetylenes is 1. The quantitative estimate of drug-likeness (QED) is 0.0179. The van der Waals surface area contributed by atoms with Gasteiger partial charge in [-0.3, -0.25) is 38.5 Å². The van der Waals surface area contributed by atoms with Crippen molar-refractivity contribution in [2.24, 2.45) is 46.6 Å². The van der Waals surface area contributed by atoms with Crippen molar-refractivity contribution in [3.8, 4) is 12.3 Å². The number of likely N-dealkylation sites (tertiary alicyclic amines) is 2. The van der Waals surface area contributed by atoms with Gasteiger partial charge in [0.25, 0.3) is 0 Å². The highest BCUT2D eigenvalue weighted by molar-refractivity contribution is 8.00. The average Bonchev–Trinajstić information content (AvgIpc) is 1.74. The van der Waals surface area contributed by atoms with E-state index >= 15 is 0 Å². The molecule has 0 aromatic carbocycles. The van der Waals surface area contributed by atoms with Gasteiger partial charge in [0.2, 0.25) is 41.4 Å². The molecule has 0 aliphatic carbocycles. The third kappa shape index (κ3) is 94.6. The summed E-state index contributed by atoms with van der Waals surface area (Å²) in [6.07, 6.45) is 20.1. The largest absolute Gasteiger partial charge is 0.412 e. The summed E-state index contributed by atoms with van der Waals surface area (Å²) in [5.74, 6) is 7.20. The summed E-state index contributed by atoms with van der Waals surface area (Å²) < 4.78 is 21.7. The van der Waals surface area contributed by atoms with E-state index in [4.69, 9.17) is 36.8 Å². The maximum Gasteiger partial charge on any atom is 0.229 e. The van der Waals surface area contributed by atoms with Gasteiger partial charge in [0.1, 0.15) is 0 Å². The molecule has 0 aromatic heterocycles. The number of nitrogens with two attached hydrogens (primary N) is 4. The molecule has 0 spiro atoms. The Bertz CT molecular complexity index is 1870. The molecule has 0 aromatic rings. The molecular weight excluding hydrogens is 1390 g/mol. The van der Waals surface area contributed by atoms with Crippen molar-refractivity contribution in [1.29, 1.82) is 0 Å². The zero-order valence-electron chi connectivity index (χ0n) is 66.5. The molecule has 0 radical (unpaired) electrons. The number of unbranched alkanes of at least 4 members (excludes halogenated alkanes) is 4. The van der Waals surface area contributed by atoms with Crippen LogP contribution in [-0.2, 0) is 52.5 Å². The summed E-state index contributed by atoms with van der Waals surface area (Å²) in [5.41, 5.74) is 19.8. The Morgan fingerprint density at radius 1 is 0.510 bits per heavy atom. The number of imide groups is 1. The highest BCUT2D eigenvalue weighted by atomic mass is 32.2. The van der Waals surface area contributed by atoms with Gasteiger partial charge in [-0.2, -0.15) is 37.0 Å². The Kier molecular flexibility index (Phi) is 116. The van der Waals surface area contributed by atoms with Crippen LogP contribution in [0.3, 0.4) is 0 Å². The number of rotatable bonds is 56. The summed E-state index contributed by atoms with van der Waals surface area (Å²) in [4.78, 5) is 85.4. The Balaban J connectivity index is -0.000000156. The van der Waals surface area contributed by atoms with Crippen LogP contribution in [0.1, 0.15) is 192 Å². The fourth-order valence-electron chi connectivity index (χ4n) is 8.87. The lowest BCUT2D eigenvalue weighted by molar-refractivity contribution is -0.139. The topological polar surface area (TPSA) is 458 Å². The van der Waals surface area contributed by atoms with Crippen LogP contribution in [0.15, 0.2) is 0 Å². The fraction of sp³-hybridized carbons (Fsp3) is 0.877. The van der Waals surface area contributed by atoms with E-state index in [2.05, 4.69) is 127 Å². The Morgan fingerprint density at radius 3 is 1.22 bits per heavy atom. The lowest BCUT2D eigenvalue weighted by Crippen LogP contribution is -2.33. The van der Waals surface area contributed by atoms with Gasteiger partial charge in [-0.25, -0.2) is 0 Å². The number of ether oxygens (including phenoxy) is 4. The smallest absolute Gasteiger partial charge is 0.229 e. The minimum Gasteiger partial charge on any atom is -0.412 e. The van der Waals surface area contributed by atoms with Crippen LogP contribution in [0, 0.1) is 36.0 Å². The van der Waals surface area contributed by atoms with Crippen molar-refractivity contribution < 1.29 is 68.9 Å². The van der Waals surface area contributed by atoms with E-state index in [0.29, 0.717) is 179 Å². The molecule has 2 aliphatic heterocycles. The van der Waals surface area contributed by atoms with Crippen molar-refractivity contribution in [2.75, 3.05) is 195 Å². The normalized spacial score (nSPS) is 12.8. The van der Waals surface area contributed by atoms with Gasteiger partial charge in [-0.1, -0.05) is 102 Å². The van der Waals surface area contributed by atoms with E-state index in [0.717, 1.165) is 123 Å². The van der Waals surface area contributed by atoms with Crippen molar-refractivity contribution in [3.05, 3.63) is 0 Å². The molecule has 2 fully saturated rings. The van der Waals surface area contributed by atoms with Crippen LogP contribution in [-0.4, -0.2) is 268 Å². The van der Waals surface area contributed by atoms with Gasteiger partial charge in [0.15, 0.2) is 0 Å². The molecule has 2 saturated heterocycles. The van der Waals surface area contributed by atoms with Crippen molar-refractivity contribution >= 4 is 78.4 Å². The second-order valence-electron chi connectivity index (χ2n) is 24.2. The number of nitrogens with one attached hydrogen (secondary N) is 8. The van der Waals surface area contributed by atoms with E-state index in [1.807, 2.05) is 32.6 Å².